The van der Waals surface area contributed by atoms with Crippen molar-refractivity contribution in [1.29, 1.82) is 5.26 Å². The summed E-state index contributed by atoms with van der Waals surface area (Å²) in [5, 5.41) is 20.8. The molecule has 0 atom stereocenters. The summed E-state index contributed by atoms with van der Waals surface area (Å²) in [6.45, 7) is 0. The smallest absolute Gasteiger partial charge is 0.358 e. The maximum Gasteiger partial charge on any atom is 0.358 e. The second kappa shape index (κ2) is 4.03. The van der Waals surface area contributed by atoms with E-state index in [2.05, 4.69) is 11.2 Å². The Hall–Kier alpha value is -2.35. The second-order valence-electron chi connectivity index (χ2n) is 3.38. The molecule has 1 aliphatic carbocycles. The van der Waals surface area contributed by atoms with Crippen molar-refractivity contribution in [2.24, 2.45) is 0 Å². The van der Waals surface area contributed by atoms with E-state index in [0.717, 1.165) is 5.57 Å². The maximum absolute atomic E-state index is 10.6. The number of carboxylic acids is 1. The lowest BCUT2D eigenvalue weighted by Crippen LogP contribution is -1.95. The first-order chi connectivity index (χ1) is 7.70. The van der Waals surface area contributed by atoms with Crippen LogP contribution in [0.25, 0.3) is 5.57 Å². The zero-order valence-corrected chi connectivity index (χ0v) is 8.30. The molecule has 1 N–H and O–H groups in total. The number of nitrogens with zero attached hydrogens (tertiary/aromatic N) is 2. The van der Waals surface area contributed by atoms with Gasteiger partial charge >= 0.3 is 5.97 Å². The van der Waals surface area contributed by atoms with Crippen molar-refractivity contribution in [3.8, 4) is 6.07 Å². The molecule has 0 spiro atoms. The average Bonchev–Trinajstić information content (AvgIpc) is 2.78. The molecule has 0 amide bonds. The molecule has 16 heavy (non-hydrogen) atoms. The van der Waals surface area contributed by atoms with Crippen molar-refractivity contribution in [2.75, 3.05) is 0 Å². The monoisotopic (exact) mass is 216 g/mol. The zero-order chi connectivity index (χ0) is 11.5. The Kier molecular flexibility index (Phi) is 2.56. The number of aromatic nitrogens is 1. The van der Waals surface area contributed by atoms with Crippen molar-refractivity contribution in [2.45, 2.75) is 12.8 Å². The first kappa shape index (κ1) is 10.2. The van der Waals surface area contributed by atoms with E-state index in [1.54, 1.807) is 12.2 Å². The largest absolute Gasteiger partial charge is 0.476 e. The van der Waals surface area contributed by atoms with Crippen LogP contribution in [0.15, 0.2) is 28.3 Å². The quantitative estimate of drug-likeness (QED) is 0.816. The Bertz CT molecular complexity index is 532. The van der Waals surface area contributed by atoms with Gasteiger partial charge in [0.05, 0.1) is 6.07 Å². The SMILES string of the molecule is N#CC1=CC=C(c2cc(C(=O)O)no2)CC1. The van der Waals surface area contributed by atoms with E-state index < -0.39 is 5.97 Å². The number of aromatic carboxylic acids is 1. The predicted molar refractivity (Wildman–Crippen MR) is 54.4 cm³/mol. The van der Waals surface area contributed by atoms with Crippen LogP contribution in [0.2, 0.25) is 0 Å². The van der Waals surface area contributed by atoms with Gasteiger partial charge in [-0.05, 0) is 24.5 Å². The molecule has 0 saturated carbocycles. The lowest BCUT2D eigenvalue weighted by molar-refractivity contribution is 0.0685. The molecule has 0 aromatic carbocycles. The molecule has 2 rings (SSSR count). The fourth-order valence-electron chi connectivity index (χ4n) is 1.46. The summed E-state index contributed by atoms with van der Waals surface area (Å²) in [7, 11) is 0. The minimum Gasteiger partial charge on any atom is -0.476 e. The van der Waals surface area contributed by atoms with Crippen LogP contribution in [0.1, 0.15) is 29.1 Å². The Balaban J connectivity index is 2.26. The Morgan fingerprint density at radius 1 is 1.50 bits per heavy atom. The lowest BCUT2D eigenvalue weighted by atomic mass is 9.97. The minimum absolute atomic E-state index is 0.106. The number of nitriles is 1. The predicted octanol–water partition coefficient (Wildman–Crippen LogP) is 2.00. The van der Waals surface area contributed by atoms with Gasteiger partial charge in [-0.25, -0.2) is 4.79 Å². The molecule has 1 aromatic rings. The van der Waals surface area contributed by atoms with Crippen molar-refractivity contribution in [3.05, 3.63) is 35.2 Å². The summed E-state index contributed by atoms with van der Waals surface area (Å²) >= 11 is 0. The molecule has 1 aromatic heterocycles. The summed E-state index contributed by atoms with van der Waals surface area (Å²) in [5.74, 6) is -0.662. The Labute approximate surface area is 91.3 Å². The normalized spacial score (nSPS) is 14.9. The molecule has 5 nitrogen and oxygen atoms in total. The van der Waals surface area contributed by atoms with Gasteiger partial charge in [0.1, 0.15) is 0 Å². The van der Waals surface area contributed by atoms with Crippen LogP contribution < -0.4 is 0 Å². The van der Waals surface area contributed by atoms with E-state index in [1.165, 1.54) is 6.07 Å². The van der Waals surface area contributed by atoms with Crippen LogP contribution in [-0.4, -0.2) is 16.2 Å². The van der Waals surface area contributed by atoms with Gasteiger partial charge in [-0.1, -0.05) is 11.2 Å². The van der Waals surface area contributed by atoms with Crippen LogP contribution in [-0.2, 0) is 0 Å². The van der Waals surface area contributed by atoms with Crippen molar-refractivity contribution < 1.29 is 14.4 Å². The fraction of sp³-hybridized carbons (Fsp3) is 0.182. The molecule has 0 saturated heterocycles. The van der Waals surface area contributed by atoms with Gasteiger partial charge in [0.25, 0.3) is 0 Å². The van der Waals surface area contributed by atoms with E-state index in [0.29, 0.717) is 24.2 Å². The van der Waals surface area contributed by atoms with E-state index in [1.807, 2.05) is 0 Å². The minimum atomic E-state index is -1.11. The topological polar surface area (TPSA) is 87.1 Å². The molecule has 0 fully saturated rings. The number of hydrogen-bond acceptors (Lipinski definition) is 4. The molecular weight excluding hydrogens is 208 g/mol. The second-order valence-corrected chi connectivity index (χ2v) is 3.38. The van der Waals surface area contributed by atoms with Gasteiger partial charge in [-0.3, -0.25) is 0 Å². The van der Waals surface area contributed by atoms with Crippen LogP contribution in [0.3, 0.4) is 0 Å². The van der Waals surface area contributed by atoms with Gasteiger partial charge in [0.15, 0.2) is 11.5 Å². The highest BCUT2D eigenvalue weighted by molar-refractivity contribution is 5.86. The summed E-state index contributed by atoms with van der Waals surface area (Å²) in [5.41, 5.74) is 1.46. The molecule has 0 unspecified atom stereocenters. The standard InChI is InChI=1S/C11H8N2O3/c12-6-7-1-3-8(4-2-7)10-5-9(11(14)15)13-16-10/h1,3,5H,2,4H2,(H,14,15). The Morgan fingerprint density at radius 2 is 2.31 bits per heavy atom. The first-order valence-electron chi connectivity index (χ1n) is 4.71. The molecule has 1 heterocycles. The van der Waals surface area contributed by atoms with Crippen molar-refractivity contribution >= 4 is 11.5 Å². The van der Waals surface area contributed by atoms with Gasteiger partial charge in [0.2, 0.25) is 0 Å². The molecule has 0 radical (unpaired) electrons. The highest BCUT2D eigenvalue weighted by atomic mass is 16.5. The third-order valence-corrected chi connectivity index (χ3v) is 2.34. The molecular formula is C11H8N2O3. The number of hydrogen-bond donors (Lipinski definition) is 1. The first-order valence-corrected chi connectivity index (χ1v) is 4.71. The molecule has 0 bridgehead atoms. The summed E-state index contributed by atoms with van der Waals surface area (Å²) in [4.78, 5) is 10.6. The number of rotatable bonds is 2. The molecule has 5 heteroatoms. The maximum atomic E-state index is 10.6. The molecule has 1 aliphatic rings. The van der Waals surface area contributed by atoms with E-state index in [9.17, 15) is 4.79 Å². The van der Waals surface area contributed by atoms with Gasteiger partial charge in [-0.15, -0.1) is 0 Å². The third kappa shape index (κ3) is 1.86. The van der Waals surface area contributed by atoms with Crippen molar-refractivity contribution in [3.63, 3.8) is 0 Å². The van der Waals surface area contributed by atoms with E-state index in [-0.39, 0.29) is 5.69 Å². The fourth-order valence-corrected chi connectivity index (χ4v) is 1.46. The highest BCUT2D eigenvalue weighted by Gasteiger charge is 2.15. The summed E-state index contributed by atoms with van der Waals surface area (Å²) in [6, 6.07) is 3.46. The average molecular weight is 216 g/mol. The van der Waals surface area contributed by atoms with Crippen molar-refractivity contribution in [1.82, 2.24) is 5.16 Å². The third-order valence-electron chi connectivity index (χ3n) is 2.34. The van der Waals surface area contributed by atoms with Gasteiger partial charge in [0, 0.05) is 11.6 Å². The lowest BCUT2D eigenvalue weighted by Gasteiger charge is -2.06. The zero-order valence-electron chi connectivity index (χ0n) is 8.30. The molecule has 80 valence electrons. The number of allylic oxidation sites excluding steroid dienone is 4. The van der Waals surface area contributed by atoms with Crippen LogP contribution in [0.4, 0.5) is 0 Å². The van der Waals surface area contributed by atoms with Crippen LogP contribution in [0.5, 0.6) is 0 Å². The summed E-state index contributed by atoms with van der Waals surface area (Å²) < 4.78 is 4.92. The van der Waals surface area contributed by atoms with Gasteiger partial charge < -0.3 is 9.63 Å². The van der Waals surface area contributed by atoms with Crippen LogP contribution >= 0.6 is 0 Å². The summed E-state index contributed by atoms with van der Waals surface area (Å²) in [6.07, 6.45) is 4.77. The molecule has 0 aliphatic heterocycles. The number of carbonyl (C=O) groups is 1. The highest BCUT2D eigenvalue weighted by Crippen LogP contribution is 2.26. The Morgan fingerprint density at radius 3 is 2.81 bits per heavy atom. The van der Waals surface area contributed by atoms with Crippen LogP contribution in [0, 0.1) is 11.3 Å². The number of carboxylic acid groups (broad SMARTS) is 1. The van der Waals surface area contributed by atoms with Gasteiger partial charge in [-0.2, -0.15) is 5.26 Å². The van der Waals surface area contributed by atoms with E-state index in [4.69, 9.17) is 14.9 Å². The van der Waals surface area contributed by atoms with E-state index >= 15 is 0 Å².